The van der Waals surface area contributed by atoms with Crippen molar-refractivity contribution in [2.45, 2.75) is 38.3 Å². The van der Waals surface area contributed by atoms with Gasteiger partial charge in [-0.25, -0.2) is 9.07 Å². The molecule has 0 amide bonds. The van der Waals surface area contributed by atoms with Crippen molar-refractivity contribution in [3.8, 4) is 5.69 Å². The standard InChI is InChI=1S/C14H18FN5O/c1-14(2)8-10(5-6-21-14)17-13-7-11(3-4-12(13)15)20-9-16-18-19-20/h3-4,7,9-10,17H,5-6,8H2,1-2H3. The third kappa shape index (κ3) is 3.18. The minimum absolute atomic E-state index is 0.181. The molecule has 3 rings (SSSR count). The number of tetrazole rings is 1. The first-order valence-corrected chi connectivity index (χ1v) is 6.97. The van der Waals surface area contributed by atoms with E-state index in [-0.39, 0.29) is 17.5 Å². The van der Waals surface area contributed by atoms with E-state index in [0.717, 1.165) is 18.5 Å². The maximum absolute atomic E-state index is 14.0. The quantitative estimate of drug-likeness (QED) is 0.939. The van der Waals surface area contributed by atoms with Crippen LogP contribution in [0.3, 0.4) is 0 Å². The molecule has 0 bridgehead atoms. The number of hydrogen-bond acceptors (Lipinski definition) is 5. The van der Waals surface area contributed by atoms with Crippen molar-refractivity contribution in [1.82, 2.24) is 20.2 Å². The summed E-state index contributed by atoms with van der Waals surface area (Å²) >= 11 is 0. The number of benzene rings is 1. The van der Waals surface area contributed by atoms with Gasteiger partial charge >= 0.3 is 0 Å². The summed E-state index contributed by atoms with van der Waals surface area (Å²) in [5.41, 5.74) is 1.00. The SMILES string of the molecule is CC1(C)CC(Nc2cc(-n3cnnn3)ccc2F)CCO1. The van der Waals surface area contributed by atoms with Crippen molar-refractivity contribution in [3.63, 3.8) is 0 Å². The molecule has 1 aliphatic rings. The molecule has 112 valence electrons. The van der Waals surface area contributed by atoms with Crippen LogP contribution >= 0.6 is 0 Å². The van der Waals surface area contributed by atoms with Gasteiger partial charge in [0.2, 0.25) is 0 Å². The van der Waals surface area contributed by atoms with Gasteiger partial charge in [0.25, 0.3) is 0 Å². The number of anilines is 1. The maximum atomic E-state index is 14.0. The number of rotatable bonds is 3. The van der Waals surface area contributed by atoms with Crippen LogP contribution in [0.4, 0.5) is 10.1 Å². The summed E-state index contributed by atoms with van der Waals surface area (Å²) in [6.07, 6.45) is 3.17. The Morgan fingerprint density at radius 2 is 2.29 bits per heavy atom. The van der Waals surface area contributed by atoms with Crippen LogP contribution in [0, 0.1) is 5.82 Å². The molecule has 0 aliphatic carbocycles. The molecule has 2 heterocycles. The zero-order valence-electron chi connectivity index (χ0n) is 12.1. The molecule has 1 fully saturated rings. The molecule has 1 aliphatic heterocycles. The van der Waals surface area contributed by atoms with E-state index in [9.17, 15) is 4.39 Å². The minimum atomic E-state index is -0.281. The number of nitrogens with one attached hydrogen (secondary N) is 1. The summed E-state index contributed by atoms with van der Waals surface area (Å²) in [5, 5.41) is 14.3. The Labute approximate surface area is 122 Å². The monoisotopic (exact) mass is 291 g/mol. The average Bonchev–Trinajstić information content (AvgIpc) is 2.94. The fourth-order valence-corrected chi connectivity index (χ4v) is 2.62. The third-order valence-electron chi connectivity index (χ3n) is 3.62. The van der Waals surface area contributed by atoms with E-state index < -0.39 is 0 Å². The van der Waals surface area contributed by atoms with Crippen molar-refractivity contribution in [3.05, 3.63) is 30.3 Å². The largest absolute Gasteiger partial charge is 0.380 e. The molecule has 1 aromatic heterocycles. The predicted octanol–water partition coefficient (Wildman–Crippen LogP) is 2.17. The Hall–Kier alpha value is -2.02. The lowest BCUT2D eigenvalue weighted by Crippen LogP contribution is -2.40. The molecule has 2 aromatic rings. The Morgan fingerprint density at radius 1 is 1.43 bits per heavy atom. The van der Waals surface area contributed by atoms with Crippen LogP contribution in [0.25, 0.3) is 5.69 Å². The second kappa shape index (κ2) is 5.40. The minimum Gasteiger partial charge on any atom is -0.380 e. The van der Waals surface area contributed by atoms with E-state index in [4.69, 9.17) is 4.74 Å². The average molecular weight is 291 g/mol. The molecule has 0 radical (unpaired) electrons. The summed E-state index contributed by atoms with van der Waals surface area (Å²) in [6, 6.07) is 4.97. The molecule has 0 spiro atoms. The van der Waals surface area contributed by atoms with Crippen LogP contribution in [-0.2, 0) is 4.74 Å². The van der Waals surface area contributed by atoms with Gasteiger partial charge in [0, 0.05) is 12.6 Å². The van der Waals surface area contributed by atoms with Crippen molar-refractivity contribution in [1.29, 1.82) is 0 Å². The van der Waals surface area contributed by atoms with Gasteiger partial charge in [-0.05, 0) is 55.3 Å². The topological polar surface area (TPSA) is 64.9 Å². The highest BCUT2D eigenvalue weighted by Crippen LogP contribution is 2.28. The van der Waals surface area contributed by atoms with Gasteiger partial charge in [0.15, 0.2) is 0 Å². The molecule has 1 saturated heterocycles. The first-order valence-electron chi connectivity index (χ1n) is 6.97. The van der Waals surface area contributed by atoms with E-state index >= 15 is 0 Å². The molecule has 1 atom stereocenters. The van der Waals surface area contributed by atoms with Crippen LogP contribution in [0.15, 0.2) is 24.5 Å². The molecular formula is C14H18FN5O. The fourth-order valence-electron chi connectivity index (χ4n) is 2.62. The van der Waals surface area contributed by atoms with Crippen molar-refractivity contribution in [2.75, 3.05) is 11.9 Å². The van der Waals surface area contributed by atoms with Gasteiger partial charge in [0.05, 0.1) is 17.0 Å². The van der Waals surface area contributed by atoms with Crippen molar-refractivity contribution < 1.29 is 9.13 Å². The molecule has 1 aromatic carbocycles. The van der Waals surface area contributed by atoms with E-state index in [1.54, 1.807) is 12.1 Å². The van der Waals surface area contributed by atoms with Crippen LogP contribution in [0.1, 0.15) is 26.7 Å². The molecular weight excluding hydrogens is 273 g/mol. The number of ether oxygens (including phenoxy) is 1. The maximum Gasteiger partial charge on any atom is 0.146 e. The summed E-state index contributed by atoms with van der Waals surface area (Å²) in [7, 11) is 0. The van der Waals surface area contributed by atoms with E-state index in [1.165, 1.54) is 17.1 Å². The van der Waals surface area contributed by atoms with Crippen LogP contribution < -0.4 is 5.32 Å². The Kier molecular flexibility index (Phi) is 3.59. The van der Waals surface area contributed by atoms with Gasteiger partial charge in [0.1, 0.15) is 12.1 Å². The van der Waals surface area contributed by atoms with E-state index in [1.807, 2.05) is 0 Å². The molecule has 7 heteroatoms. The fraction of sp³-hybridized carbons (Fsp3) is 0.500. The molecule has 1 unspecified atom stereocenters. The van der Waals surface area contributed by atoms with Gasteiger partial charge in [-0.3, -0.25) is 0 Å². The number of hydrogen-bond donors (Lipinski definition) is 1. The van der Waals surface area contributed by atoms with Gasteiger partial charge in [-0.2, -0.15) is 0 Å². The smallest absolute Gasteiger partial charge is 0.146 e. The highest BCUT2D eigenvalue weighted by atomic mass is 19.1. The highest BCUT2D eigenvalue weighted by molar-refractivity contribution is 5.52. The summed E-state index contributed by atoms with van der Waals surface area (Å²) in [6.45, 7) is 4.78. The molecule has 6 nitrogen and oxygen atoms in total. The van der Waals surface area contributed by atoms with Gasteiger partial charge < -0.3 is 10.1 Å². The summed E-state index contributed by atoms with van der Waals surface area (Å²) < 4.78 is 21.2. The molecule has 21 heavy (non-hydrogen) atoms. The Balaban J connectivity index is 1.80. The van der Waals surface area contributed by atoms with Crippen LogP contribution in [-0.4, -0.2) is 38.5 Å². The van der Waals surface area contributed by atoms with Gasteiger partial charge in [-0.1, -0.05) is 0 Å². The first-order chi connectivity index (χ1) is 10.0. The molecule has 1 N–H and O–H groups in total. The van der Waals surface area contributed by atoms with Crippen LogP contribution in [0.2, 0.25) is 0 Å². The second-order valence-corrected chi connectivity index (χ2v) is 5.86. The Bertz CT molecular complexity index is 614. The van der Waals surface area contributed by atoms with Crippen molar-refractivity contribution in [2.24, 2.45) is 0 Å². The zero-order valence-corrected chi connectivity index (χ0v) is 12.1. The van der Waals surface area contributed by atoms with E-state index in [2.05, 4.69) is 34.7 Å². The summed E-state index contributed by atoms with van der Waals surface area (Å²) in [4.78, 5) is 0. The highest BCUT2D eigenvalue weighted by Gasteiger charge is 2.29. The normalized spacial score (nSPS) is 21.2. The second-order valence-electron chi connectivity index (χ2n) is 5.86. The zero-order chi connectivity index (χ0) is 14.9. The Morgan fingerprint density at radius 3 is 3.00 bits per heavy atom. The summed E-state index contributed by atoms with van der Waals surface area (Å²) in [5.74, 6) is -0.281. The predicted molar refractivity (Wildman–Crippen MR) is 75.8 cm³/mol. The number of halogens is 1. The van der Waals surface area contributed by atoms with Crippen molar-refractivity contribution >= 4 is 5.69 Å². The third-order valence-corrected chi connectivity index (χ3v) is 3.62. The number of aromatic nitrogens is 4. The lowest BCUT2D eigenvalue weighted by Gasteiger charge is -2.36. The molecule has 0 saturated carbocycles. The first kappa shape index (κ1) is 13.9. The van der Waals surface area contributed by atoms with E-state index in [0.29, 0.717) is 12.3 Å². The number of nitrogens with zero attached hydrogens (tertiary/aromatic N) is 4. The lowest BCUT2D eigenvalue weighted by molar-refractivity contribution is -0.0553. The van der Waals surface area contributed by atoms with Crippen LogP contribution in [0.5, 0.6) is 0 Å². The lowest BCUT2D eigenvalue weighted by atomic mass is 9.94. The van der Waals surface area contributed by atoms with Gasteiger partial charge in [-0.15, -0.1) is 5.10 Å².